The van der Waals surface area contributed by atoms with Crippen LogP contribution in [0.5, 0.6) is 5.75 Å². The van der Waals surface area contributed by atoms with Gasteiger partial charge in [0, 0.05) is 22.9 Å². The average molecular weight is 261 g/mol. The van der Waals surface area contributed by atoms with Gasteiger partial charge < -0.3 is 10.1 Å². The van der Waals surface area contributed by atoms with E-state index in [1.54, 1.807) is 18.4 Å². The van der Waals surface area contributed by atoms with Gasteiger partial charge in [-0.05, 0) is 31.5 Å². The predicted octanol–water partition coefficient (Wildman–Crippen LogP) is 3.57. The molecular weight excluding hydrogens is 242 g/mol. The molecule has 3 heteroatoms. The maximum Gasteiger partial charge on any atom is 0.123 e. The summed E-state index contributed by atoms with van der Waals surface area (Å²) < 4.78 is 5.47. The van der Waals surface area contributed by atoms with Gasteiger partial charge >= 0.3 is 0 Å². The first-order chi connectivity index (χ1) is 8.74. The molecule has 1 aromatic heterocycles. The monoisotopic (exact) mass is 261 g/mol. The van der Waals surface area contributed by atoms with Crippen LogP contribution in [0.1, 0.15) is 22.0 Å². The van der Waals surface area contributed by atoms with Crippen molar-refractivity contribution in [3.05, 3.63) is 51.7 Å². The van der Waals surface area contributed by atoms with Crippen LogP contribution in [0.15, 0.2) is 35.7 Å². The molecule has 1 heterocycles. The normalized spacial score (nSPS) is 12.4. The van der Waals surface area contributed by atoms with Gasteiger partial charge in [-0.2, -0.15) is 0 Å². The number of hydrogen-bond donors (Lipinski definition) is 1. The highest BCUT2D eigenvalue weighted by molar-refractivity contribution is 7.09. The van der Waals surface area contributed by atoms with Crippen molar-refractivity contribution < 1.29 is 4.74 Å². The molecule has 0 fully saturated rings. The summed E-state index contributed by atoms with van der Waals surface area (Å²) >= 11 is 1.80. The first-order valence-corrected chi connectivity index (χ1v) is 6.96. The van der Waals surface area contributed by atoms with Crippen LogP contribution in [-0.4, -0.2) is 14.2 Å². The zero-order chi connectivity index (χ0) is 13.0. The number of likely N-dealkylation sites (N-methyl/N-ethyl adjacent to an activating group) is 1. The maximum atomic E-state index is 5.47. The summed E-state index contributed by atoms with van der Waals surface area (Å²) in [6.45, 7) is 2.11. The van der Waals surface area contributed by atoms with Crippen LogP contribution < -0.4 is 10.1 Å². The van der Waals surface area contributed by atoms with E-state index in [9.17, 15) is 0 Å². The Morgan fingerprint density at radius 3 is 2.78 bits per heavy atom. The highest BCUT2D eigenvalue weighted by Gasteiger charge is 2.15. The van der Waals surface area contributed by atoms with E-state index < -0.39 is 0 Å². The Labute approximate surface area is 113 Å². The lowest BCUT2D eigenvalue weighted by molar-refractivity contribution is 0.401. The first kappa shape index (κ1) is 13.1. The predicted molar refractivity (Wildman–Crippen MR) is 77.6 cm³/mol. The van der Waals surface area contributed by atoms with E-state index in [0.29, 0.717) is 6.04 Å². The zero-order valence-electron chi connectivity index (χ0n) is 11.1. The lowest BCUT2D eigenvalue weighted by Gasteiger charge is -2.19. The van der Waals surface area contributed by atoms with Gasteiger partial charge in [0.2, 0.25) is 0 Å². The van der Waals surface area contributed by atoms with Gasteiger partial charge in [-0.25, -0.2) is 0 Å². The number of nitrogens with one attached hydrogen (secondary N) is 1. The van der Waals surface area contributed by atoms with Crippen molar-refractivity contribution >= 4 is 11.3 Å². The molecule has 0 amide bonds. The second-order valence-electron chi connectivity index (χ2n) is 4.37. The van der Waals surface area contributed by atoms with Gasteiger partial charge in [0.15, 0.2) is 0 Å². The first-order valence-electron chi connectivity index (χ1n) is 6.08. The molecule has 0 radical (unpaired) electrons. The molecule has 0 saturated heterocycles. The van der Waals surface area contributed by atoms with Crippen LogP contribution in [0.4, 0.5) is 0 Å². The van der Waals surface area contributed by atoms with Crippen molar-refractivity contribution in [2.45, 2.75) is 19.4 Å². The molecule has 0 aliphatic heterocycles. The molecule has 2 aromatic rings. The van der Waals surface area contributed by atoms with Crippen LogP contribution in [0.2, 0.25) is 0 Å². The number of hydrogen-bond acceptors (Lipinski definition) is 3. The summed E-state index contributed by atoms with van der Waals surface area (Å²) in [5.41, 5.74) is 2.49. The Hall–Kier alpha value is -1.32. The van der Waals surface area contributed by atoms with Crippen LogP contribution in [0, 0.1) is 6.92 Å². The number of rotatable bonds is 5. The van der Waals surface area contributed by atoms with Crippen molar-refractivity contribution in [2.75, 3.05) is 14.2 Å². The van der Waals surface area contributed by atoms with E-state index >= 15 is 0 Å². The molecule has 0 aliphatic rings. The second kappa shape index (κ2) is 6.03. The fraction of sp³-hybridized carbons (Fsp3) is 0.333. The highest BCUT2D eigenvalue weighted by Crippen LogP contribution is 2.29. The van der Waals surface area contributed by atoms with Crippen molar-refractivity contribution in [2.24, 2.45) is 0 Å². The fourth-order valence-electron chi connectivity index (χ4n) is 2.12. The number of methoxy groups -OCH3 is 1. The van der Waals surface area contributed by atoms with Crippen LogP contribution in [0.25, 0.3) is 0 Å². The molecule has 96 valence electrons. The molecule has 18 heavy (non-hydrogen) atoms. The Morgan fingerprint density at radius 2 is 2.17 bits per heavy atom. The summed E-state index contributed by atoms with van der Waals surface area (Å²) in [4.78, 5) is 1.39. The third-order valence-electron chi connectivity index (χ3n) is 3.09. The quantitative estimate of drug-likeness (QED) is 0.888. The van der Waals surface area contributed by atoms with E-state index in [1.807, 2.05) is 13.1 Å². The SMILES string of the molecule is CNC(Cc1cccs1)c1cc(C)ccc1OC. The van der Waals surface area contributed by atoms with Crippen LogP contribution in [0.3, 0.4) is 0 Å². The number of benzene rings is 1. The Morgan fingerprint density at radius 1 is 1.33 bits per heavy atom. The summed E-state index contributed by atoms with van der Waals surface area (Å²) in [7, 11) is 3.73. The van der Waals surface area contributed by atoms with Gasteiger partial charge in [-0.1, -0.05) is 23.8 Å². The lowest BCUT2D eigenvalue weighted by atomic mass is 10.00. The molecule has 2 nitrogen and oxygen atoms in total. The fourth-order valence-corrected chi connectivity index (χ4v) is 2.88. The molecule has 0 saturated carbocycles. The van der Waals surface area contributed by atoms with Gasteiger partial charge in [-0.15, -0.1) is 11.3 Å². The van der Waals surface area contributed by atoms with Crippen molar-refractivity contribution in [1.29, 1.82) is 0 Å². The molecule has 0 spiro atoms. The van der Waals surface area contributed by atoms with E-state index in [2.05, 4.69) is 41.9 Å². The van der Waals surface area contributed by atoms with Gasteiger partial charge in [-0.3, -0.25) is 0 Å². The molecule has 1 atom stereocenters. The summed E-state index contributed by atoms with van der Waals surface area (Å²) in [5.74, 6) is 0.955. The smallest absolute Gasteiger partial charge is 0.123 e. The maximum absolute atomic E-state index is 5.47. The van der Waals surface area contributed by atoms with Crippen molar-refractivity contribution in [3.63, 3.8) is 0 Å². The molecule has 1 N–H and O–H groups in total. The topological polar surface area (TPSA) is 21.3 Å². The van der Waals surface area contributed by atoms with Crippen molar-refractivity contribution in [1.82, 2.24) is 5.32 Å². The van der Waals surface area contributed by atoms with Gasteiger partial charge in [0.1, 0.15) is 5.75 Å². The third-order valence-corrected chi connectivity index (χ3v) is 3.99. The minimum atomic E-state index is 0.290. The summed E-state index contributed by atoms with van der Waals surface area (Å²) in [6, 6.07) is 10.9. The second-order valence-corrected chi connectivity index (χ2v) is 5.40. The molecule has 2 rings (SSSR count). The van der Waals surface area contributed by atoms with E-state index in [-0.39, 0.29) is 0 Å². The van der Waals surface area contributed by atoms with Crippen LogP contribution in [-0.2, 0) is 6.42 Å². The summed E-state index contributed by atoms with van der Waals surface area (Å²) in [6.07, 6.45) is 0.994. The molecular formula is C15H19NOS. The minimum Gasteiger partial charge on any atom is -0.496 e. The molecule has 1 unspecified atom stereocenters. The Balaban J connectivity index is 2.28. The summed E-state index contributed by atoms with van der Waals surface area (Å²) in [5, 5.41) is 5.51. The highest BCUT2D eigenvalue weighted by atomic mass is 32.1. The molecule has 0 aliphatic carbocycles. The lowest BCUT2D eigenvalue weighted by Crippen LogP contribution is -2.19. The van der Waals surface area contributed by atoms with E-state index in [4.69, 9.17) is 4.74 Å². The number of thiophene rings is 1. The van der Waals surface area contributed by atoms with Crippen molar-refractivity contribution in [3.8, 4) is 5.75 Å². The standard InChI is InChI=1S/C15H19NOS/c1-11-6-7-15(17-3)13(9-11)14(16-2)10-12-5-4-8-18-12/h4-9,14,16H,10H2,1-3H3. The Bertz CT molecular complexity index is 493. The Kier molecular flexibility index (Phi) is 4.39. The van der Waals surface area contributed by atoms with Crippen LogP contribution >= 0.6 is 11.3 Å². The third kappa shape index (κ3) is 2.92. The molecule has 1 aromatic carbocycles. The van der Waals surface area contributed by atoms with Gasteiger partial charge in [0.05, 0.1) is 7.11 Å². The van der Waals surface area contributed by atoms with E-state index in [1.165, 1.54) is 16.0 Å². The van der Waals surface area contributed by atoms with E-state index in [0.717, 1.165) is 12.2 Å². The molecule has 0 bridgehead atoms. The zero-order valence-corrected chi connectivity index (χ0v) is 11.9. The number of aryl methyl sites for hydroxylation is 1. The average Bonchev–Trinajstić information content (AvgIpc) is 2.88. The number of ether oxygens (including phenoxy) is 1. The minimum absolute atomic E-state index is 0.290. The van der Waals surface area contributed by atoms with Gasteiger partial charge in [0.25, 0.3) is 0 Å². The largest absolute Gasteiger partial charge is 0.496 e.